The number of nitrogens with one attached hydrogen (secondary N) is 1. The highest BCUT2D eigenvalue weighted by Gasteiger charge is 2.29. The van der Waals surface area contributed by atoms with E-state index in [2.05, 4.69) is 15.5 Å². The van der Waals surface area contributed by atoms with E-state index in [0.717, 1.165) is 5.56 Å². The highest BCUT2D eigenvalue weighted by Crippen LogP contribution is 2.44. The van der Waals surface area contributed by atoms with Crippen molar-refractivity contribution in [3.63, 3.8) is 0 Å². The van der Waals surface area contributed by atoms with Crippen LogP contribution in [-0.4, -0.2) is 11.2 Å². The van der Waals surface area contributed by atoms with Crippen molar-refractivity contribution in [3.8, 4) is 0 Å². The number of aromatic nitrogens is 1. The van der Waals surface area contributed by atoms with Gasteiger partial charge in [0.15, 0.2) is 0 Å². The van der Waals surface area contributed by atoms with Crippen LogP contribution in [0, 0.1) is 0 Å². The van der Waals surface area contributed by atoms with Crippen molar-refractivity contribution in [1.82, 2.24) is 4.98 Å². The lowest BCUT2D eigenvalue weighted by molar-refractivity contribution is 1.08. The third-order valence-electron chi connectivity index (χ3n) is 2.43. The molecule has 2 rings (SSSR count). The van der Waals surface area contributed by atoms with E-state index in [1.165, 1.54) is 6.20 Å². The molecule has 0 aliphatic rings. The smallest absolute Gasteiger partial charge is 0.234 e. The minimum absolute atomic E-state index is 0.0796. The van der Waals surface area contributed by atoms with Crippen molar-refractivity contribution in [2.45, 2.75) is 3.79 Å². The van der Waals surface area contributed by atoms with Gasteiger partial charge in [0.05, 0.1) is 21.9 Å². The molecule has 0 saturated carbocycles. The highest BCUT2D eigenvalue weighted by atomic mass is 35.6. The molecule has 0 fully saturated rings. The summed E-state index contributed by atoms with van der Waals surface area (Å²) in [6.45, 7) is 0. The maximum Gasteiger partial charge on any atom is 0.234 e. The van der Waals surface area contributed by atoms with Gasteiger partial charge in [-0.3, -0.25) is 10.4 Å². The van der Waals surface area contributed by atoms with Gasteiger partial charge in [0.1, 0.15) is 5.69 Å². The summed E-state index contributed by atoms with van der Waals surface area (Å²) in [5.41, 5.74) is 4.04. The van der Waals surface area contributed by atoms with Crippen LogP contribution in [0.4, 0.5) is 5.69 Å². The lowest BCUT2D eigenvalue weighted by Gasteiger charge is -2.15. The Labute approximate surface area is 146 Å². The fraction of sp³-hybridized carbons (Fsp3) is 0.0769. The number of benzene rings is 1. The Balaban J connectivity index is 2.26. The zero-order valence-corrected chi connectivity index (χ0v) is 14.1. The summed E-state index contributed by atoms with van der Waals surface area (Å²) < 4.78 is -1.75. The Kier molecular flexibility index (Phi) is 5.58. The molecule has 0 saturated heterocycles. The third kappa shape index (κ3) is 4.38. The van der Waals surface area contributed by atoms with Gasteiger partial charge in [-0.05, 0) is 5.56 Å². The van der Waals surface area contributed by atoms with Crippen molar-refractivity contribution in [3.05, 3.63) is 57.8 Å². The summed E-state index contributed by atoms with van der Waals surface area (Å²) in [6, 6.07) is 9.50. The normalized spacial score (nSPS) is 11.9. The molecule has 8 heteroatoms. The maximum absolute atomic E-state index is 6.14. The minimum Gasteiger partial charge on any atom is -0.275 e. The third-order valence-corrected chi connectivity index (χ3v) is 3.62. The van der Waals surface area contributed by atoms with E-state index in [4.69, 9.17) is 58.0 Å². The number of pyridine rings is 1. The summed E-state index contributed by atoms with van der Waals surface area (Å²) in [5.74, 6) is 0. The summed E-state index contributed by atoms with van der Waals surface area (Å²) in [5, 5.41) is 4.43. The molecule has 1 aromatic carbocycles. The maximum atomic E-state index is 6.14. The van der Waals surface area contributed by atoms with Crippen molar-refractivity contribution in [1.29, 1.82) is 0 Å². The molecular formula is C13H8Cl5N3. The largest absolute Gasteiger partial charge is 0.275 e. The molecule has 1 heterocycles. The second kappa shape index (κ2) is 7.03. The van der Waals surface area contributed by atoms with Crippen LogP contribution in [0.1, 0.15) is 11.3 Å². The molecule has 0 atom stereocenters. The van der Waals surface area contributed by atoms with Crippen LogP contribution in [-0.2, 0) is 3.79 Å². The lowest BCUT2D eigenvalue weighted by atomic mass is 10.2. The van der Waals surface area contributed by atoms with Crippen LogP contribution in [0.3, 0.4) is 0 Å². The molecule has 0 unspecified atom stereocenters. The first-order chi connectivity index (χ1) is 9.89. The SMILES string of the molecule is Clc1cnc(C(Cl)(Cl)Cl)c(Cl)c1N/N=C/c1ccccc1. The molecule has 0 aliphatic heterocycles. The lowest BCUT2D eigenvalue weighted by Crippen LogP contribution is -2.06. The zero-order chi connectivity index (χ0) is 15.5. The van der Waals surface area contributed by atoms with Crippen LogP contribution >= 0.6 is 58.0 Å². The Morgan fingerprint density at radius 2 is 1.76 bits per heavy atom. The van der Waals surface area contributed by atoms with E-state index in [-0.39, 0.29) is 15.7 Å². The average molecular weight is 383 g/mol. The Hall–Kier alpha value is -0.710. The first-order valence-electron chi connectivity index (χ1n) is 5.65. The highest BCUT2D eigenvalue weighted by molar-refractivity contribution is 6.67. The number of halogens is 5. The summed E-state index contributed by atoms with van der Waals surface area (Å²) in [4.78, 5) is 3.92. The molecular weight excluding hydrogens is 375 g/mol. The van der Waals surface area contributed by atoms with Gasteiger partial charge in [-0.25, -0.2) is 0 Å². The number of rotatable bonds is 3. The van der Waals surface area contributed by atoms with Gasteiger partial charge in [-0.2, -0.15) is 5.10 Å². The number of nitrogens with zero attached hydrogens (tertiary/aromatic N) is 2. The predicted octanol–water partition coefficient (Wildman–Crippen LogP) is 5.66. The van der Waals surface area contributed by atoms with E-state index >= 15 is 0 Å². The topological polar surface area (TPSA) is 37.3 Å². The Bertz CT molecular complexity index is 653. The second-order valence-electron chi connectivity index (χ2n) is 3.92. The fourth-order valence-electron chi connectivity index (χ4n) is 1.48. The van der Waals surface area contributed by atoms with Gasteiger partial charge < -0.3 is 0 Å². The van der Waals surface area contributed by atoms with Gasteiger partial charge in [0.2, 0.25) is 3.79 Å². The van der Waals surface area contributed by atoms with Crippen molar-refractivity contribution in [2.75, 3.05) is 5.43 Å². The fourth-order valence-corrected chi connectivity index (χ4v) is 2.62. The van der Waals surface area contributed by atoms with Crippen LogP contribution in [0.2, 0.25) is 10.0 Å². The molecule has 0 bridgehead atoms. The number of alkyl halides is 3. The van der Waals surface area contributed by atoms with Gasteiger partial charge in [0.25, 0.3) is 0 Å². The van der Waals surface area contributed by atoms with Gasteiger partial charge in [-0.15, -0.1) is 0 Å². The van der Waals surface area contributed by atoms with Gasteiger partial charge in [0, 0.05) is 6.20 Å². The molecule has 1 N–H and O–H groups in total. The zero-order valence-electron chi connectivity index (χ0n) is 10.3. The molecule has 0 spiro atoms. The number of anilines is 1. The molecule has 1 aromatic heterocycles. The molecule has 110 valence electrons. The van der Waals surface area contributed by atoms with E-state index in [1.807, 2.05) is 30.3 Å². The van der Waals surface area contributed by atoms with Crippen LogP contribution in [0.15, 0.2) is 41.6 Å². The summed E-state index contributed by atoms with van der Waals surface area (Å²) in [6.07, 6.45) is 2.95. The standard InChI is InChI=1S/C13H8Cl5N3/c14-9-7-19-12(13(16,17)18)10(15)11(9)21-20-6-8-4-2-1-3-5-8/h1-7H,(H,19,21)/b20-6+. The van der Waals surface area contributed by atoms with Crippen molar-refractivity contribution in [2.24, 2.45) is 5.10 Å². The Morgan fingerprint density at radius 1 is 1.10 bits per heavy atom. The van der Waals surface area contributed by atoms with E-state index in [0.29, 0.717) is 5.69 Å². The number of hydrogen-bond acceptors (Lipinski definition) is 3. The van der Waals surface area contributed by atoms with Crippen LogP contribution < -0.4 is 5.43 Å². The molecule has 3 nitrogen and oxygen atoms in total. The molecule has 0 aliphatic carbocycles. The van der Waals surface area contributed by atoms with E-state index in [9.17, 15) is 0 Å². The van der Waals surface area contributed by atoms with Gasteiger partial charge >= 0.3 is 0 Å². The number of hydrogen-bond donors (Lipinski definition) is 1. The monoisotopic (exact) mass is 381 g/mol. The van der Waals surface area contributed by atoms with Crippen molar-refractivity contribution >= 4 is 69.9 Å². The molecule has 0 amide bonds. The van der Waals surface area contributed by atoms with Crippen LogP contribution in [0.5, 0.6) is 0 Å². The molecule has 2 aromatic rings. The second-order valence-corrected chi connectivity index (χ2v) is 6.99. The first-order valence-corrected chi connectivity index (χ1v) is 7.54. The quantitative estimate of drug-likeness (QED) is 0.422. The average Bonchev–Trinajstić information content (AvgIpc) is 2.42. The van der Waals surface area contributed by atoms with Crippen molar-refractivity contribution < 1.29 is 0 Å². The van der Waals surface area contributed by atoms with Crippen LogP contribution in [0.25, 0.3) is 0 Å². The minimum atomic E-state index is -1.75. The summed E-state index contributed by atoms with van der Waals surface area (Å²) >= 11 is 29.5. The van der Waals surface area contributed by atoms with E-state index < -0.39 is 3.79 Å². The van der Waals surface area contributed by atoms with Gasteiger partial charge in [-0.1, -0.05) is 88.3 Å². The molecule has 0 radical (unpaired) electrons. The van der Waals surface area contributed by atoms with E-state index in [1.54, 1.807) is 6.21 Å². The predicted molar refractivity (Wildman–Crippen MR) is 91.2 cm³/mol. The molecule has 21 heavy (non-hydrogen) atoms. The first kappa shape index (κ1) is 16.7. The number of hydrazone groups is 1. The summed E-state index contributed by atoms with van der Waals surface area (Å²) in [7, 11) is 0. The Morgan fingerprint density at radius 3 is 2.38 bits per heavy atom.